The van der Waals surface area contributed by atoms with Crippen molar-refractivity contribution in [2.75, 3.05) is 26.2 Å². The number of benzene rings is 2. The number of rotatable bonds is 5. The van der Waals surface area contributed by atoms with E-state index in [0.29, 0.717) is 34.6 Å². The van der Waals surface area contributed by atoms with Crippen LogP contribution in [-0.4, -0.2) is 42.7 Å². The normalized spacial score (nSPS) is 17.7. The second kappa shape index (κ2) is 9.12. The smallest absolute Gasteiger partial charge is 0.307 e. The summed E-state index contributed by atoms with van der Waals surface area (Å²) in [5.41, 5.74) is 0.799. The molecule has 0 N–H and O–H groups in total. The standard InChI is InChI=1S/C25H29Cl2NO4/c1-24(2,3)32-22(29)9-12-28-13-10-25(11-14-28)16-30-21-15-17(7-8-18(21)25)31-23-19(26)5-4-6-20(23)27/h4-8,15H,9-14,16H2,1-3H3. The van der Waals surface area contributed by atoms with Crippen LogP contribution in [0, 0.1) is 0 Å². The molecule has 4 rings (SSSR count). The third-order valence-electron chi connectivity index (χ3n) is 6.03. The minimum atomic E-state index is -0.437. The highest BCUT2D eigenvalue weighted by molar-refractivity contribution is 6.37. The summed E-state index contributed by atoms with van der Waals surface area (Å²) in [6.07, 6.45) is 2.40. The van der Waals surface area contributed by atoms with E-state index < -0.39 is 5.60 Å². The lowest BCUT2D eigenvalue weighted by Gasteiger charge is -2.38. The van der Waals surface area contributed by atoms with Crippen LogP contribution in [0.2, 0.25) is 10.0 Å². The van der Waals surface area contributed by atoms with E-state index in [1.54, 1.807) is 18.2 Å². The van der Waals surface area contributed by atoms with Crippen LogP contribution in [0.4, 0.5) is 0 Å². The lowest BCUT2D eigenvalue weighted by molar-refractivity contribution is -0.155. The molecular weight excluding hydrogens is 449 g/mol. The molecule has 172 valence electrons. The molecule has 0 radical (unpaired) electrons. The number of ether oxygens (including phenoxy) is 3. The first-order valence-corrected chi connectivity index (χ1v) is 11.7. The number of esters is 1. The molecule has 0 aliphatic carbocycles. The third kappa shape index (κ3) is 5.16. The van der Waals surface area contributed by atoms with Crippen molar-refractivity contribution in [3.8, 4) is 17.2 Å². The minimum absolute atomic E-state index is 0.0122. The molecule has 0 aromatic heterocycles. The lowest BCUT2D eigenvalue weighted by atomic mass is 9.74. The average Bonchev–Trinajstić information content (AvgIpc) is 3.07. The molecular formula is C25H29Cl2NO4. The molecule has 0 atom stereocenters. The van der Waals surface area contributed by atoms with Crippen molar-refractivity contribution in [2.24, 2.45) is 0 Å². The van der Waals surface area contributed by atoms with Gasteiger partial charge >= 0.3 is 5.97 Å². The van der Waals surface area contributed by atoms with E-state index >= 15 is 0 Å². The molecule has 0 saturated carbocycles. The predicted octanol–water partition coefficient (Wildman–Crippen LogP) is 6.24. The molecule has 7 heteroatoms. The Morgan fingerprint density at radius 2 is 1.81 bits per heavy atom. The summed E-state index contributed by atoms with van der Waals surface area (Å²) in [5.74, 6) is 1.80. The summed E-state index contributed by atoms with van der Waals surface area (Å²) in [6.45, 7) is 8.94. The van der Waals surface area contributed by atoms with E-state index in [2.05, 4.69) is 11.0 Å². The number of para-hydroxylation sites is 1. The van der Waals surface area contributed by atoms with Crippen molar-refractivity contribution in [1.82, 2.24) is 4.90 Å². The molecule has 1 spiro atoms. The fourth-order valence-corrected chi connectivity index (χ4v) is 4.85. The van der Waals surface area contributed by atoms with Gasteiger partial charge in [-0.15, -0.1) is 0 Å². The van der Waals surface area contributed by atoms with Gasteiger partial charge < -0.3 is 19.1 Å². The van der Waals surface area contributed by atoms with E-state index in [-0.39, 0.29) is 11.4 Å². The third-order valence-corrected chi connectivity index (χ3v) is 6.63. The summed E-state index contributed by atoms with van der Waals surface area (Å²) in [7, 11) is 0. The fourth-order valence-electron chi connectivity index (χ4n) is 4.38. The van der Waals surface area contributed by atoms with Crippen LogP contribution in [0.5, 0.6) is 17.2 Å². The highest BCUT2D eigenvalue weighted by atomic mass is 35.5. The molecule has 32 heavy (non-hydrogen) atoms. The Morgan fingerprint density at radius 3 is 2.47 bits per heavy atom. The molecule has 5 nitrogen and oxygen atoms in total. The number of nitrogens with zero attached hydrogens (tertiary/aromatic N) is 1. The van der Waals surface area contributed by atoms with Crippen molar-refractivity contribution < 1.29 is 19.0 Å². The zero-order valence-electron chi connectivity index (χ0n) is 18.7. The maximum Gasteiger partial charge on any atom is 0.307 e. The minimum Gasteiger partial charge on any atom is -0.492 e. The number of fused-ring (bicyclic) bond motifs is 2. The number of hydrogen-bond donors (Lipinski definition) is 0. The maximum absolute atomic E-state index is 12.0. The average molecular weight is 478 g/mol. The van der Waals surface area contributed by atoms with Crippen LogP contribution in [0.15, 0.2) is 36.4 Å². The number of carbonyl (C=O) groups excluding carboxylic acids is 1. The van der Waals surface area contributed by atoms with Gasteiger partial charge in [0.05, 0.1) is 23.1 Å². The Hall–Kier alpha value is -1.95. The summed E-state index contributed by atoms with van der Waals surface area (Å²) >= 11 is 12.5. The SMILES string of the molecule is CC(C)(C)OC(=O)CCN1CCC2(CC1)COc1cc(Oc3c(Cl)cccc3Cl)ccc12. The molecule has 2 heterocycles. The van der Waals surface area contributed by atoms with Crippen molar-refractivity contribution in [1.29, 1.82) is 0 Å². The van der Waals surface area contributed by atoms with Crippen molar-refractivity contribution >= 4 is 29.2 Å². The van der Waals surface area contributed by atoms with Gasteiger partial charge in [0, 0.05) is 23.6 Å². The molecule has 2 aliphatic heterocycles. The second-order valence-electron chi connectivity index (χ2n) is 9.56. The number of likely N-dealkylation sites (tertiary alicyclic amines) is 1. The quantitative estimate of drug-likeness (QED) is 0.476. The summed E-state index contributed by atoms with van der Waals surface area (Å²) < 4.78 is 17.5. The molecule has 2 aromatic rings. The maximum atomic E-state index is 12.0. The van der Waals surface area contributed by atoms with Gasteiger partial charge in [-0.25, -0.2) is 0 Å². The van der Waals surface area contributed by atoms with Crippen molar-refractivity contribution in [3.05, 3.63) is 52.0 Å². The number of piperidine rings is 1. The molecule has 2 aromatic carbocycles. The molecule has 0 bridgehead atoms. The van der Waals surface area contributed by atoms with E-state index in [0.717, 1.165) is 38.2 Å². The highest BCUT2D eigenvalue weighted by Gasteiger charge is 2.43. The van der Waals surface area contributed by atoms with Gasteiger partial charge in [-0.05, 0) is 64.9 Å². The van der Waals surface area contributed by atoms with Gasteiger partial charge in [0.1, 0.15) is 17.1 Å². The van der Waals surface area contributed by atoms with Gasteiger partial charge in [-0.1, -0.05) is 35.3 Å². The molecule has 1 saturated heterocycles. The van der Waals surface area contributed by atoms with Crippen LogP contribution in [-0.2, 0) is 14.9 Å². The number of carbonyl (C=O) groups is 1. The monoisotopic (exact) mass is 477 g/mol. The van der Waals surface area contributed by atoms with E-state index in [1.165, 1.54) is 5.56 Å². The Morgan fingerprint density at radius 1 is 1.12 bits per heavy atom. The Kier molecular flexibility index (Phi) is 6.62. The van der Waals surface area contributed by atoms with Crippen LogP contribution >= 0.6 is 23.2 Å². The zero-order chi connectivity index (χ0) is 22.9. The molecule has 2 aliphatic rings. The van der Waals surface area contributed by atoms with Gasteiger partial charge in [-0.3, -0.25) is 4.79 Å². The Bertz CT molecular complexity index is 974. The summed E-state index contributed by atoms with van der Waals surface area (Å²) in [4.78, 5) is 14.4. The van der Waals surface area contributed by atoms with Gasteiger partial charge in [0.25, 0.3) is 0 Å². The van der Waals surface area contributed by atoms with E-state index in [4.69, 9.17) is 37.4 Å². The van der Waals surface area contributed by atoms with E-state index in [9.17, 15) is 4.79 Å². The van der Waals surface area contributed by atoms with Crippen molar-refractivity contribution in [3.63, 3.8) is 0 Å². The number of hydrogen-bond acceptors (Lipinski definition) is 5. The largest absolute Gasteiger partial charge is 0.492 e. The van der Waals surface area contributed by atoms with Crippen molar-refractivity contribution in [2.45, 2.75) is 51.0 Å². The first-order valence-electron chi connectivity index (χ1n) is 11.0. The van der Waals surface area contributed by atoms with Gasteiger partial charge in [0.15, 0.2) is 5.75 Å². The summed E-state index contributed by atoms with van der Waals surface area (Å²) in [6, 6.07) is 11.2. The topological polar surface area (TPSA) is 48.0 Å². The second-order valence-corrected chi connectivity index (χ2v) is 10.4. The number of halogens is 2. The van der Waals surface area contributed by atoms with Crippen LogP contribution < -0.4 is 9.47 Å². The first kappa shape index (κ1) is 23.2. The summed E-state index contributed by atoms with van der Waals surface area (Å²) in [5, 5.41) is 0.934. The Labute approximate surface area is 199 Å². The molecule has 0 amide bonds. The lowest BCUT2D eigenvalue weighted by Crippen LogP contribution is -2.44. The van der Waals surface area contributed by atoms with Gasteiger partial charge in [0.2, 0.25) is 0 Å². The molecule has 1 fully saturated rings. The Balaban J connectivity index is 1.37. The fraction of sp³-hybridized carbons (Fsp3) is 0.480. The predicted molar refractivity (Wildman–Crippen MR) is 126 cm³/mol. The van der Waals surface area contributed by atoms with E-state index in [1.807, 2.05) is 32.9 Å². The van der Waals surface area contributed by atoms with Crippen LogP contribution in [0.3, 0.4) is 0 Å². The zero-order valence-corrected chi connectivity index (χ0v) is 20.3. The first-order chi connectivity index (χ1) is 15.2. The highest BCUT2D eigenvalue weighted by Crippen LogP contribution is 2.47. The van der Waals surface area contributed by atoms with Crippen LogP contribution in [0.25, 0.3) is 0 Å². The van der Waals surface area contributed by atoms with Gasteiger partial charge in [-0.2, -0.15) is 0 Å². The van der Waals surface area contributed by atoms with Crippen LogP contribution in [0.1, 0.15) is 45.6 Å². The molecule has 0 unspecified atom stereocenters.